The number of aromatic nitrogens is 2. The number of benzene rings is 1. The Balaban J connectivity index is 1.42. The normalized spacial score (nSPS) is 21.2. The van der Waals surface area contributed by atoms with Gasteiger partial charge in [-0.15, -0.1) is 0 Å². The number of aryl methyl sites for hydroxylation is 1. The van der Waals surface area contributed by atoms with E-state index in [9.17, 15) is 4.79 Å². The Morgan fingerprint density at radius 1 is 1.14 bits per heavy atom. The number of pyridine rings is 1. The van der Waals surface area contributed by atoms with Gasteiger partial charge in [0.05, 0.1) is 6.54 Å². The molecule has 1 aromatic carbocycles. The molecule has 0 aliphatic carbocycles. The van der Waals surface area contributed by atoms with Gasteiger partial charge < -0.3 is 14.4 Å². The number of nitrogens with zero attached hydrogens (tertiary/aromatic N) is 2. The number of hydrogen-bond acceptors (Lipinski definition) is 4. The average molecular weight is 378 g/mol. The quantitative estimate of drug-likeness (QED) is 0.754. The second kappa shape index (κ2) is 6.95. The highest BCUT2D eigenvalue weighted by atomic mass is 16.6. The summed E-state index contributed by atoms with van der Waals surface area (Å²) in [6.07, 6.45) is 4.14. The fourth-order valence-corrected chi connectivity index (χ4v) is 4.38. The van der Waals surface area contributed by atoms with Crippen LogP contribution in [0, 0.1) is 6.92 Å². The maximum absolute atomic E-state index is 12.5. The number of quaternary nitrogens is 1. The Morgan fingerprint density at radius 3 is 2.89 bits per heavy atom. The summed E-state index contributed by atoms with van der Waals surface area (Å²) in [6, 6.07) is 12.3. The van der Waals surface area contributed by atoms with Gasteiger partial charge in [-0.05, 0) is 36.8 Å². The average Bonchev–Trinajstić information content (AvgIpc) is 3.16. The SMILES string of the molecule is Cc1ccc2nc(C[NH+]3CCC[C@H]3c3ccc4c(c3)OCCO4)cc(=O)n2c1. The second-order valence-corrected chi connectivity index (χ2v) is 7.70. The van der Waals surface area contributed by atoms with Crippen molar-refractivity contribution < 1.29 is 14.4 Å². The molecule has 4 heterocycles. The third-order valence-electron chi connectivity index (χ3n) is 5.72. The minimum atomic E-state index is -0.0156. The van der Waals surface area contributed by atoms with Crippen molar-refractivity contribution in [1.29, 1.82) is 0 Å². The molecule has 2 aliphatic rings. The lowest BCUT2D eigenvalue weighted by atomic mass is 10.0. The van der Waals surface area contributed by atoms with Crippen LogP contribution in [0.5, 0.6) is 11.5 Å². The van der Waals surface area contributed by atoms with Crippen LogP contribution in [0.15, 0.2) is 47.4 Å². The maximum Gasteiger partial charge on any atom is 0.258 e. The van der Waals surface area contributed by atoms with E-state index in [1.165, 1.54) is 16.9 Å². The van der Waals surface area contributed by atoms with E-state index in [-0.39, 0.29) is 5.56 Å². The standard InChI is InChI=1S/C22H23N3O3/c1-15-4-7-21-23-17(12-22(26)25(21)13-15)14-24-8-2-3-18(24)16-5-6-19-20(11-16)28-10-9-27-19/h4-7,11-13,18H,2-3,8-10,14H2,1H3/p+1/t18-/m0/s1. The number of rotatable bonds is 3. The van der Waals surface area contributed by atoms with E-state index in [4.69, 9.17) is 14.5 Å². The van der Waals surface area contributed by atoms with E-state index in [1.807, 2.05) is 31.3 Å². The van der Waals surface area contributed by atoms with Gasteiger partial charge in [-0.2, -0.15) is 0 Å². The molecular weight excluding hydrogens is 354 g/mol. The number of fused-ring (bicyclic) bond motifs is 2. The molecule has 28 heavy (non-hydrogen) atoms. The zero-order valence-electron chi connectivity index (χ0n) is 16.0. The predicted molar refractivity (Wildman–Crippen MR) is 105 cm³/mol. The Kier molecular flexibility index (Phi) is 4.28. The fraction of sp³-hybridized carbons (Fsp3) is 0.364. The summed E-state index contributed by atoms with van der Waals surface area (Å²) in [6.45, 7) is 5.01. The number of hydrogen-bond donors (Lipinski definition) is 1. The highest BCUT2D eigenvalue weighted by Gasteiger charge is 2.31. The van der Waals surface area contributed by atoms with Gasteiger partial charge in [0.1, 0.15) is 37.1 Å². The lowest BCUT2D eigenvalue weighted by molar-refractivity contribution is -0.932. The molecule has 0 saturated carbocycles. The van der Waals surface area contributed by atoms with Crippen molar-refractivity contribution in [1.82, 2.24) is 9.38 Å². The van der Waals surface area contributed by atoms with E-state index >= 15 is 0 Å². The monoisotopic (exact) mass is 378 g/mol. The van der Waals surface area contributed by atoms with Crippen LogP contribution in [0.4, 0.5) is 0 Å². The van der Waals surface area contributed by atoms with Gasteiger partial charge in [0, 0.05) is 30.7 Å². The Morgan fingerprint density at radius 2 is 2.00 bits per heavy atom. The zero-order valence-corrected chi connectivity index (χ0v) is 16.0. The van der Waals surface area contributed by atoms with Gasteiger partial charge in [0.25, 0.3) is 5.56 Å². The van der Waals surface area contributed by atoms with Crippen molar-refractivity contribution in [2.24, 2.45) is 0 Å². The summed E-state index contributed by atoms with van der Waals surface area (Å²) in [5.74, 6) is 1.67. The van der Waals surface area contributed by atoms with E-state index in [0.717, 1.165) is 42.3 Å². The van der Waals surface area contributed by atoms with Gasteiger partial charge in [-0.25, -0.2) is 4.98 Å². The minimum absolute atomic E-state index is 0.0156. The van der Waals surface area contributed by atoms with Crippen molar-refractivity contribution in [2.75, 3.05) is 19.8 Å². The topological polar surface area (TPSA) is 57.3 Å². The van der Waals surface area contributed by atoms with E-state index < -0.39 is 0 Å². The first-order valence-electron chi connectivity index (χ1n) is 9.90. The predicted octanol–water partition coefficient (Wildman–Crippen LogP) is 1.69. The Hall–Kier alpha value is -2.86. The lowest BCUT2D eigenvalue weighted by Crippen LogP contribution is -3.09. The molecule has 144 valence electrons. The van der Waals surface area contributed by atoms with Crippen LogP contribution in [-0.2, 0) is 6.54 Å². The number of ether oxygens (including phenoxy) is 2. The Bertz CT molecular complexity index is 1090. The van der Waals surface area contributed by atoms with E-state index in [0.29, 0.717) is 24.9 Å². The number of nitrogens with one attached hydrogen (secondary N) is 1. The summed E-state index contributed by atoms with van der Waals surface area (Å²) in [7, 11) is 0. The molecule has 1 N–H and O–H groups in total. The van der Waals surface area contributed by atoms with Crippen molar-refractivity contribution in [2.45, 2.75) is 32.4 Å². The summed E-state index contributed by atoms with van der Waals surface area (Å²) in [5, 5.41) is 0. The first-order valence-corrected chi connectivity index (χ1v) is 9.90. The molecule has 6 heteroatoms. The maximum atomic E-state index is 12.5. The zero-order chi connectivity index (χ0) is 19.1. The minimum Gasteiger partial charge on any atom is -0.486 e. The molecule has 0 spiro atoms. The molecule has 5 rings (SSSR count). The molecule has 1 saturated heterocycles. The van der Waals surface area contributed by atoms with Crippen LogP contribution in [-0.4, -0.2) is 29.1 Å². The first kappa shape index (κ1) is 17.3. The molecule has 0 bridgehead atoms. The third-order valence-corrected chi connectivity index (χ3v) is 5.72. The highest BCUT2D eigenvalue weighted by molar-refractivity contribution is 5.44. The summed E-state index contributed by atoms with van der Waals surface area (Å²) in [4.78, 5) is 18.7. The molecule has 2 aromatic heterocycles. The highest BCUT2D eigenvalue weighted by Crippen LogP contribution is 2.33. The van der Waals surface area contributed by atoms with Crippen molar-refractivity contribution in [3.63, 3.8) is 0 Å². The summed E-state index contributed by atoms with van der Waals surface area (Å²) >= 11 is 0. The van der Waals surface area contributed by atoms with Crippen molar-refractivity contribution in [3.8, 4) is 11.5 Å². The number of likely N-dealkylation sites (tertiary alicyclic amines) is 1. The van der Waals surface area contributed by atoms with Gasteiger partial charge >= 0.3 is 0 Å². The van der Waals surface area contributed by atoms with Gasteiger partial charge in [-0.1, -0.05) is 6.07 Å². The molecule has 1 unspecified atom stereocenters. The molecule has 1 fully saturated rings. The van der Waals surface area contributed by atoms with Crippen LogP contribution >= 0.6 is 0 Å². The fourth-order valence-electron chi connectivity index (χ4n) is 4.38. The molecule has 0 radical (unpaired) electrons. The molecule has 3 aromatic rings. The van der Waals surface area contributed by atoms with Crippen molar-refractivity contribution >= 4 is 5.65 Å². The summed E-state index contributed by atoms with van der Waals surface area (Å²) < 4.78 is 13.0. The summed E-state index contributed by atoms with van der Waals surface area (Å²) in [5.41, 5.74) is 3.87. The van der Waals surface area contributed by atoms with Crippen LogP contribution in [0.25, 0.3) is 5.65 Å². The van der Waals surface area contributed by atoms with E-state index in [1.54, 1.807) is 10.5 Å². The van der Waals surface area contributed by atoms with Gasteiger partial charge in [0.15, 0.2) is 11.5 Å². The van der Waals surface area contributed by atoms with Crippen LogP contribution in [0.3, 0.4) is 0 Å². The smallest absolute Gasteiger partial charge is 0.258 e. The van der Waals surface area contributed by atoms with Crippen LogP contribution in [0.2, 0.25) is 0 Å². The largest absolute Gasteiger partial charge is 0.486 e. The molecular formula is C22H24N3O3+. The molecule has 0 amide bonds. The Labute approximate surface area is 163 Å². The third kappa shape index (κ3) is 3.14. The van der Waals surface area contributed by atoms with Gasteiger partial charge in [-0.3, -0.25) is 9.20 Å². The van der Waals surface area contributed by atoms with Crippen molar-refractivity contribution in [3.05, 3.63) is 69.8 Å². The second-order valence-electron chi connectivity index (χ2n) is 7.70. The molecule has 2 aliphatic heterocycles. The van der Waals surface area contributed by atoms with Crippen LogP contribution in [0.1, 0.15) is 35.7 Å². The molecule has 2 atom stereocenters. The van der Waals surface area contributed by atoms with Crippen LogP contribution < -0.4 is 19.9 Å². The molecule has 6 nitrogen and oxygen atoms in total. The lowest BCUT2D eigenvalue weighted by Gasteiger charge is -2.24. The van der Waals surface area contributed by atoms with Gasteiger partial charge in [0.2, 0.25) is 0 Å². The van der Waals surface area contributed by atoms with E-state index in [2.05, 4.69) is 12.1 Å². The first-order chi connectivity index (χ1) is 13.7.